The summed E-state index contributed by atoms with van der Waals surface area (Å²) in [6.07, 6.45) is 1.01. The van der Waals surface area contributed by atoms with Gasteiger partial charge in [0.2, 0.25) is 0 Å². The van der Waals surface area contributed by atoms with Crippen LogP contribution in [0.4, 0.5) is 0 Å². The second-order valence-electron chi connectivity index (χ2n) is 4.58. The lowest BCUT2D eigenvalue weighted by molar-refractivity contribution is 0.353. The van der Waals surface area contributed by atoms with Crippen molar-refractivity contribution in [2.75, 3.05) is 13.2 Å². The number of thioether (sulfide) groups is 1. The first-order valence-corrected chi connectivity index (χ1v) is 7.79. The SMILES string of the molecule is CC1CN=C(NCc2cc(Br)cc3c2OCC3)S1. The Morgan fingerprint density at radius 1 is 1.56 bits per heavy atom. The van der Waals surface area contributed by atoms with Gasteiger partial charge in [-0.25, -0.2) is 0 Å². The number of fused-ring (bicyclic) bond motifs is 1. The normalized spacial score (nSPS) is 21.4. The van der Waals surface area contributed by atoms with E-state index in [1.165, 1.54) is 11.1 Å². The Morgan fingerprint density at radius 2 is 2.44 bits per heavy atom. The summed E-state index contributed by atoms with van der Waals surface area (Å²) in [6.45, 7) is 4.69. The standard InChI is InChI=1S/C13H15BrN2OS/c1-8-6-15-13(18-8)16-7-10-5-11(14)4-9-2-3-17-12(9)10/h4-5,8H,2-3,6-7H2,1H3,(H,15,16). The van der Waals surface area contributed by atoms with Crippen molar-refractivity contribution in [3.8, 4) is 5.75 Å². The minimum atomic E-state index is 0.594. The summed E-state index contributed by atoms with van der Waals surface area (Å²) in [5, 5.41) is 5.04. The summed E-state index contributed by atoms with van der Waals surface area (Å²) < 4.78 is 6.84. The third kappa shape index (κ3) is 2.52. The van der Waals surface area contributed by atoms with Crippen LogP contribution in [0.3, 0.4) is 0 Å². The van der Waals surface area contributed by atoms with Gasteiger partial charge in [-0.2, -0.15) is 0 Å². The van der Waals surface area contributed by atoms with E-state index in [1.807, 2.05) is 11.8 Å². The molecule has 2 aliphatic rings. The molecule has 0 saturated heterocycles. The van der Waals surface area contributed by atoms with Gasteiger partial charge in [0.05, 0.1) is 13.2 Å². The van der Waals surface area contributed by atoms with E-state index in [4.69, 9.17) is 4.74 Å². The first-order chi connectivity index (χ1) is 8.72. The number of amidine groups is 1. The lowest BCUT2D eigenvalue weighted by Crippen LogP contribution is -2.19. The lowest BCUT2D eigenvalue weighted by Gasteiger charge is -2.11. The Bertz CT molecular complexity index is 504. The highest BCUT2D eigenvalue weighted by atomic mass is 79.9. The summed E-state index contributed by atoms with van der Waals surface area (Å²) in [5.74, 6) is 1.06. The van der Waals surface area contributed by atoms with Crippen molar-refractivity contribution in [1.29, 1.82) is 0 Å². The van der Waals surface area contributed by atoms with E-state index in [1.54, 1.807) is 0 Å². The van der Waals surface area contributed by atoms with Crippen molar-refractivity contribution in [3.05, 3.63) is 27.7 Å². The fourth-order valence-corrected chi connectivity index (χ4v) is 3.61. The van der Waals surface area contributed by atoms with Gasteiger partial charge in [0.15, 0.2) is 5.17 Å². The first-order valence-electron chi connectivity index (χ1n) is 6.11. The number of aliphatic imine (C=N–C) groups is 1. The molecule has 0 saturated carbocycles. The van der Waals surface area contributed by atoms with Gasteiger partial charge in [-0.15, -0.1) is 0 Å². The highest BCUT2D eigenvalue weighted by Crippen LogP contribution is 2.33. The van der Waals surface area contributed by atoms with Crippen molar-refractivity contribution >= 4 is 32.9 Å². The second-order valence-corrected chi connectivity index (χ2v) is 6.92. The number of rotatable bonds is 2. The molecule has 0 aliphatic carbocycles. The average Bonchev–Trinajstić information content (AvgIpc) is 2.94. The van der Waals surface area contributed by atoms with Gasteiger partial charge in [0.1, 0.15) is 5.75 Å². The van der Waals surface area contributed by atoms with E-state index in [0.717, 1.165) is 41.5 Å². The monoisotopic (exact) mass is 326 g/mol. The molecule has 1 aromatic rings. The number of benzene rings is 1. The molecule has 1 atom stereocenters. The zero-order valence-electron chi connectivity index (χ0n) is 10.2. The summed E-state index contributed by atoms with van der Waals surface area (Å²) in [7, 11) is 0. The van der Waals surface area contributed by atoms with E-state index in [0.29, 0.717) is 5.25 Å². The third-order valence-electron chi connectivity index (χ3n) is 3.06. The van der Waals surface area contributed by atoms with Crippen molar-refractivity contribution < 1.29 is 4.74 Å². The number of nitrogens with one attached hydrogen (secondary N) is 1. The topological polar surface area (TPSA) is 33.6 Å². The maximum absolute atomic E-state index is 5.71. The van der Waals surface area contributed by atoms with E-state index in [9.17, 15) is 0 Å². The molecule has 2 aliphatic heterocycles. The van der Waals surface area contributed by atoms with Crippen LogP contribution in [0, 0.1) is 0 Å². The maximum Gasteiger partial charge on any atom is 0.157 e. The Labute approximate surface area is 120 Å². The highest BCUT2D eigenvalue weighted by molar-refractivity contribution is 9.10. The summed E-state index contributed by atoms with van der Waals surface area (Å²) in [5.41, 5.74) is 2.51. The van der Waals surface area contributed by atoms with Gasteiger partial charge in [-0.3, -0.25) is 4.99 Å². The maximum atomic E-state index is 5.71. The van der Waals surface area contributed by atoms with Crippen LogP contribution in [0.15, 0.2) is 21.6 Å². The van der Waals surface area contributed by atoms with Gasteiger partial charge in [-0.1, -0.05) is 34.6 Å². The lowest BCUT2D eigenvalue weighted by atomic mass is 10.1. The number of nitrogens with zero attached hydrogens (tertiary/aromatic N) is 1. The molecule has 0 amide bonds. The Kier molecular flexibility index (Phi) is 3.52. The highest BCUT2D eigenvalue weighted by Gasteiger charge is 2.19. The smallest absolute Gasteiger partial charge is 0.157 e. The van der Waals surface area contributed by atoms with E-state index in [-0.39, 0.29) is 0 Å². The Balaban J connectivity index is 1.73. The van der Waals surface area contributed by atoms with Crippen LogP contribution >= 0.6 is 27.7 Å². The number of hydrogen-bond donors (Lipinski definition) is 1. The number of halogens is 1. The molecule has 0 bridgehead atoms. The molecule has 3 rings (SSSR count). The molecule has 1 aromatic carbocycles. The molecule has 3 nitrogen and oxygen atoms in total. The minimum absolute atomic E-state index is 0.594. The fraction of sp³-hybridized carbons (Fsp3) is 0.462. The molecule has 2 heterocycles. The molecule has 0 radical (unpaired) electrons. The molecule has 96 valence electrons. The molecular weight excluding hydrogens is 312 g/mol. The van der Waals surface area contributed by atoms with Crippen molar-refractivity contribution in [3.63, 3.8) is 0 Å². The quantitative estimate of drug-likeness (QED) is 0.907. The van der Waals surface area contributed by atoms with Crippen LogP contribution in [-0.2, 0) is 13.0 Å². The molecule has 0 fully saturated rings. The molecular formula is C13H15BrN2OS. The first kappa shape index (κ1) is 12.4. The van der Waals surface area contributed by atoms with Crippen molar-refractivity contribution in [1.82, 2.24) is 5.32 Å². The van der Waals surface area contributed by atoms with Crippen molar-refractivity contribution in [2.24, 2.45) is 4.99 Å². The molecule has 1 N–H and O–H groups in total. The summed E-state index contributed by atoms with van der Waals surface area (Å²) >= 11 is 5.37. The molecule has 18 heavy (non-hydrogen) atoms. The largest absolute Gasteiger partial charge is 0.493 e. The van der Waals surface area contributed by atoms with Crippen molar-refractivity contribution in [2.45, 2.75) is 25.1 Å². The minimum Gasteiger partial charge on any atom is -0.493 e. The van der Waals surface area contributed by atoms with Crippen LogP contribution in [0.1, 0.15) is 18.1 Å². The fourth-order valence-electron chi connectivity index (χ4n) is 2.22. The molecule has 0 spiro atoms. The van der Waals surface area contributed by atoms with Gasteiger partial charge >= 0.3 is 0 Å². The summed E-state index contributed by atoms with van der Waals surface area (Å²) in [6, 6.07) is 4.27. The van der Waals surface area contributed by atoms with E-state index < -0.39 is 0 Å². The Hall–Kier alpha value is -0.680. The predicted octanol–water partition coefficient (Wildman–Crippen LogP) is 2.96. The van der Waals surface area contributed by atoms with Crippen LogP contribution in [0.25, 0.3) is 0 Å². The van der Waals surface area contributed by atoms with Gasteiger partial charge < -0.3 is 10.1 Å². The van der Waals surface area contributed by atoms with Gasteiger partial charge in [-0.05, 0) is 17.7 Å². The average molecular weight is 327 g/mol. The third-order valence-corrected chi connectivity index (χ3v) is 4.57. The second kappa shape index (κ2) is 5.13. The van der Waals surface area contributed by atoms with Crippen LogP contribution in [0.5, 0.6) is 5.75 Å². The molecule has 1 unspecified atom stereocenters. The zero-order chi connectivity index (χ0) is 12.5. The number of ether oxygens (including phenoxy) is 1. The number of hydrogen-bond acceptors (Lipinski definition) is 4. The Morgan fingerprint density at radius 3 is 3.22 bits per heavy atom. The van der Waals surface area contributed by atoms with E-state index >= 15 is 0 Å². The molecule has 0 aromatic heterocycles. The predicted molar refractivity (Wildman–Crippen MR) is 79.5 cm³/mol. The zero-order valence-corrected chi connectivity index (χ0v) is 12.6. The van der Waals surface area contributed by atoms with Gasteiger partial charge in [0, 0.05) is 28.3 Å². The van der Waals surface area contributed by atoms with Crippen LogP contribution in [0.2, 0.25) is 0 Å². The van der Waals surface area contributed by atoms with Gasteiger partial charge in [0.25, 0.3) is 0 Å². The van der Waals surface area contributed by atoms with Crippen LogP contribution < -0.4 is 10.1 Å². The summed E-state index contributed by atoms with van der Waals surface area (Å²) in [4.78, 5) is 4.46. The van der Waals surface area contributed by atoms with E-state index in [2.05, 4.69) is 45.3 Å². The van der Waals surface area contributed by atoms with Crippen LogP contribution in [-0.4, -0.2) is 23.6 Å². The molecule has 5 heteroatoms.